The van der Waals surface area contributed by atoms with Crippen LogP contribution in [0.4, 0.5) is 0 Å². The van der Waals surface area contributed by atoms with Crippen LogP contribution in [0.25, 0.3) is 11.1 Å². The zero-order valence-electron chi connectivity index (χ0n) is 13.6. The van der Waals surface area contributed by atoms with Crippen LogP contribution in [-0.2, 0) is 10.0 Å². The van der Waals surface area contributed by atoms with Gasteiger partial charge in [0.05, 0.1) is 4.90 Å². The molecule has 0 bridgehead atoms. The first kappa shape index (κ1) is 15.7. The van der Waals surface area contributed by atoms with Crippen molar-refractivity contribution in [3.05, 3.63) is 89.5 Å². The van der Waals surface area contributed by atoms with Gasteiger partial charge < -0.3 is 0 Å². The van der Waals surface area contributed by atoms with Crippen LogP contribution in [0, 0.1) is 6.92 Å². The summed E-state index contributed by atoms with van der Waals surface area (Å²) in [4.78, 5) is 0.154. The predicted molar refractivity (Wildman–Crippen MR) is 96.9 cm³/mol. The van der Waals surface area contributed by atoms with Crippen LogP contribution in [0.5, 0.6) is 0 Å². The fourth-order valence-corrected chi connectivity index (χ4v) is 3.91. The van der Waals surface area contributed by atoms with Gasteiger partial charge in [0.25, 0.3) is 10.0 Å². The van der Waals surface area contributed by atoms with Crippen LogP contribution in [0.1, 0.15) is 22.7 Å². The third-order valence-electron chi connectivity index (χ3n) is 4.39. The number of rotatable bonds is 3. The van der Waals surface area contributed by atoms with E-state index in [1.54, 1.807) is 24.3 Å². The summed E-state index contributed by atoms with van der Waals surface area (Å²) in [5.41, 5.74) is 5.11. The molecule has 0 fully saturated rings. The summed E-state index contributed by atoms with van der Waals surface area (Å²) in [6.07, 6.45) is 0. The zero-order valence-corrected chi connectivity index (χ0v) is 14.4. The molecule has 1 aliphatic rings. The molecule has 0 spiro atoms. The van der Waals surface area contributed by atoms with E-state index in [4.69, 9.17) is 0 Å². The molecule has 0 saturated heterocycles. The quantitative estimate of drug-likeness (QED) is 0.632. The van der Waals surface area contributed by atoms with Gasteiger partial charge in [0, 0.05) is 0 Å². The Labute approximate surface area is 146 Å². The molecular formula is C20H16N2O2S. The van der Waals surface area contributed by atoms with Gasteiger partial charge in [-0.3, -0.25) is 0 Å². The van der Waals surface area contributed by atoms with Crippen molar-refractivity contribution in [2.24, 2.45) is 9.63 Å². The van der Waals surface area contributed by atoms with E-state index in [0.29, 0.717) is 0 Å². The molecule has 0 amide bonds. The lowest BCUT2D eigenvalue weighted by molar-refractivity contribution is 0.593. The van der Waals surface area contributed by atoms with Crippen molar-refractivity contribution in [2.45, 2.75) is 17.9 Å². The molecule has 0 heterocycles. The van der Waals surface area contributed by atoms with Crippen LogP contribution in [0.3, 0.4) is 0 Å². The molecular weight excluding hydrogens is 332 g/mol. The third kappa shape index (κ3) is 2.76. The minimum absolute atomic E-state index is 0.154. The second-order valence-corrected chi connectivity index (χ2v) is 7.65. The van der Waals surface area contributed by atoms with Crippen molar-refractivity contribution >= 4 is 10.0 Å². The molecule has 4 nitrogen and oxygen atoms in total. The van der Waals surface area contributed by atoms with E-state index in [-0.39, 0.29) is 4.90 Å². The number of nitrogens with zero attached hydrogens (tertiary/aromatic N) is 2. The first-order chi connectivity index (χ1) is 12.1. The minimum Gasteiger partial charge on any atom is -0.198 e. The molecule has 0 atom stereocenters. The number of hydrogen-bond donors (Lipinski definition) is 0. The molecule has 0 aliphatic heterocycles. The lowest BCUT2D eigenvalue weighted by Crippen LogP contribution is -1.98. The second kappa shape index (κ2) is 5.93. The maximum Gasteiger partial charge on any atom is 0.299 e. The van der Waals surface area contributed by atoms with Crippen LogP contribution < -0.4 is 0 Å². The average Bonchev–Trinajstić information content (AvgIpc) is 2.94. The highest BCUT2D eigenvalue weighted by Crippen LogP contribution is 2.45. The van der Waals surface area contributed by atoms with Crippen molar-refractivity contribution in [3.63, 3.8) is 0 Å². The van der Waals surface area contributed by atoms with Crippen molar-refractivity contribution < 1.29 is 8.42 Å². The fraction of sp³-hybridized carbons (Fsp3) is 0.100. The van der Waals surface area contributed by atoms with Crippen molar-refractivity contribution in [2.75, 3.05) is 0 Å². The normalized spacial score (nSPS) is 13.8. The SMILES string of the molecule is Cc1ccc(S(=O)(=O)N=NC2c3ccccc3-c3ccccc32)cc1. The zero-order chi connectivity index (χ0) is 17.4. The first-order valence-electron chi connectivity index (χ1n) is 7.98. The number of hydrogen-bond acceptors (Lipinski definition) is 3. The number of benzene rings is 3. The molecule has 0 N–H and O–H groups in total. The molecule has 0 unspecified atom stereocenters. The van der Waals surface area contributed by atoms with E-state index in [2.05, 4.69) is 9.63 Å². The highest BCUT2D eigenvalue weighted by atomic mass is 32.2. The van der Waals surface area contributed by atoms with Crippen LogP contribution in [-0.4, -0.2) is 8.42 Å². The van der Waals surface area contributed by atoms with Gasteiger partial charge in [-0.1, -0.05) is 70.7 Å². The van der Waals surface area contributed by atoms with Gasteiger partial charge in [-0.05, 0) is 41.3 Å². The Morgan fingerprint density at radius 3 is 1.84 bits per heavy atom. The van der Waals surface area contributed by atoms with Gasteiger partial charge in [-0.15, -0.1) is 0 Å². The van der Waals surface area contributed by atoms with Gasteiger partial charge >= 0.3 is 0 Å². The van der Waals surface area contributed by atoms with Gasteiger partial charge in [-0.25, -0.2) is 0 Å². The Kier molecular flexibility index (Phi) is 3.73. The fourth-order valence-electron chi connectivity index (χ4n) is 3.12. The van der Waals surface area contributed by atoms with Gasteiger partial charge in [0.2, 0.25) is 0 Å². The Morgan fingerprint density at radius 2 is 1.28 bits per heavy atom. The average molecular weight is 348 g/mol. The monoisotopic (exact) mass is 348 g/mol. The smallest absolute Gasteiger partial charge is 0.198 e. The number of fused-ring (bicyclic) bond motifs is 3. The van der Waals surface area contributed by atoms with E-state index in [1.165, 1.54) is 0 Å². The summed E-state index contributed by atoms with van der Waals surface area (Å²) in [5.74, 6) is 0. The van der Waals surface area contributed by atoms with Crippen molar-refractivity contribution in [1.82, 2.24) is 0 Å². The molecule has 124 valence electrons. The van der Waals surface area contributed by atoms with Gasteiger partial charge in [-0.2, -0.15) is 13.5 Å². The van der Waals surface area contributed by atoms with E-state index < -0.39 is 16.1 Å². The van der Waals surface area contributed by atoms with Crippen LogP contribution in [0.15, 0.2) is 87.3 Å². The summed E-state index contributed by atoms with van der Waals surface area (Å²) < 4.78 is 28.7. The molecule has 4 rings (SSSR count). The first-order valence-corrected chi connectivity index (χ1v) is 9.42. The van der Waals surface area contributed by atoms with E-state index in [9.17, 15) is 8.42 Å². The van der Waals surface area contributed by atoms with Gasteiger partial charge in [0.1, 0.15) is 6.04 Å². The van der Waals surface area contributed by atoms with E-state index in [1.807, 2.05) is 55.5 Å². The molecule has 1 aliphatic carbocycles. The summed E-state index contributed by atoms with van der Waals surface area (Å²) in [6.45, 7) is 1.91. The maximum atomic E-state index is 12.5. The summed E-state index contributed by atoms with van der Waals surface area (Å²) in [5, 5.41) is 4.21. The van der Waals surface area contributed by atoms with Crippen molar-refractivity contribution in [3.8, 4) is 11.1 Å². The molecule has 0 saturated carbocycles. The summed E-state index contributed by atoms with van der Waals surface area (Å²) in [6, 6.07) is 22.0. The largest absolute Gasteiger partial charge is 0.299 e. The van der Waals surface area contributed by atoms with Crippen molar-refractivity contribution in [1.29, 1.82) is 0 Å². The molecule has 0 aromatic heterocycles. The predicted octanol–water partition coefficient (Wildman–Crippen LogP) is 4.91. The van der Waals surface area contributed by atoms with E-state index in [0.717, 1.165) is 27.8 Å². The highest BCUT2D eigenvalue weighted by Gasteiger charge is 2.28. The number of aryl methyl sites for hydroxylation is 1. The topological polar surface area (TPSA) is 58.9 Å². The minimum atomic E-state index is -3.81. The highest BCUT2D eigenvalue weighted by molar-refractivity contribution is 7.90. The third-order valence-corrected chi connectivity index (χ3v) is 5.57. The summed E-state index contributed by atoms with van der Waals surface area (Å²) in [7, 11) is -3.81. The maximum absolute atomic E-state index is 12.5. The second-order valence-electron chi connectivity index (χ2n) is 6.06. The van der Waals surface area contributed by atoms with Crippen LogP contribution in [0.2, 0.25) is 0 Å². The lowest BCUT2D eigenvalue weighted by atomic mass is 10.1. The molecule has 25 heavy (non-hydrogen) atoms. The Morgan fingerprint density at radius 1 is 0.760 bits per heavy atom. The summed E-state index contributed by atoms with van der Waals surface area (Å²) >= 11 is 0. The Hall–Kier alpha value is -2.79. The Bertz CT molecular complexity index is 1030. The van der Waals surface area contributed by atoms with Crippen LogP contribution >= 0.6 is 0 Å². The van der Waals surface area contributed by atoms with E-state index >= 15 is 0 Å². The van der Waals surface area contributed by atoms with Gasteiger partial charge in [0.15, 0.2) is 0 Å². The molecule has 0 radical (unpaired) electrons. The molecule has 3 aromatic carbocycles. The molecule has 3 aromatic rings. The Balaban J connectivity index is 1.75. The molecule has 5 heteroatoms. The standard InChI is InChI=1S/C20H16N2O2S/c1-14-10-12-15(13-11-14)25(23,24)22-21-20-18-8-4-2-6-16(18)17-7-3-5-9-19(17)20/h2-13,20H,1H3. The number of sulfonamides is 1. The lowest BCUT2D eigenvalue weighted by Gasteiger charge is -2.06.